The molecule has 0 unspecified atom stereocenters. The lowest BCUT2D eigenvalue weighted by Crippen LogP contribution is -2.46. The Morgan fingerprint density at radius 2 is 2.10 bits per heavy atom. The number of ether oxygens (including phenoxy) is 1. The molecule has 0 aliphatic rings. The molecule has 11 heteroatoms. The zero-order chi connectivity index (χ0) is 23.1. The minimum absolute atomic E-state index is 0.0263. The fourth-order valence-corrected chi connectivity index (χ4v) is 3.90. The van der Waals surface area contributed by atoms with Gasteiger partial charge in [0.15, 0.2) is 5.69 Å². The second-order valence-corrected chi connectivity index (χ2v) is 8.74. The Bertz CT molecular complexity index is 996. The largest absolute Gasteiger partial charge is 0.383 e. The summed E-state index contributed by atoms with van der Waals surface area (Å²) in [5.41, 5.74) is 5.78. The molecule has 1 amide bonds. The number of nitrogen functional groups attached to an aromatic ring is 1. The first-order valence-electron chi connectivity index (χ1n) is 10.2. The van der Waals surface area contributed by atoms with E-state index in [1.807, 2.05) is 38.1 Å². The number of rotatable bonds is 11. The van der Waals surface area contributed by atoms with Crippen LogP contribution in [0.5, 0.6) is 0 Å². The predicted octanol–water partition coefficient (Wildman–Crippen LogP) is 0.905. The maximum absolute atomic E-state index is 13.1. The number of hydrogen-bond donors (Lipinski definition) is 2. The molecule has 2 aromatic rings. The van der Waals surface area contributed by atoms with Gasteiger partial charge in [0, 0.05) is 32.1 Å². The Hall–Kier alpha value is -2.50. The number of amides is 1. The number of aromatic nitrogens is 3. The molecule has 0 saturated heterocycles. The number of carbonyl (C=O) groups is 1. The van der Waals surface area contributed by atoms with Crippen LogP contribution in [0.3, 0.4) is 0 Å². The lowest BCUT2D eigenvalue weighted by Gasteiger charge is -2.26. The standard InChI is InChI=1S/C20H32N6O4S/c1-6-15-22-14(12-31-15)10-24(4)11-16(27)25(7-8-30-5)17-18(21)26(9-13(2)3)20(29)23-19(17)28/h12-13H,6-11,21H2,1-5H3,(H,23,28,29). The predicted molar refractivity (Wildman–Crippen MR) is 123 cm³/mol. The minimum atomic E-state index is -0.693. The highest BCUT2D eigenvalue weighted by Gasteiger charge is 2.25. The van der Waals surface area contributed by atoms with Crippen LogP contribution in [0.1, 0.15) is 31.5 Å². The molecule has 0 fully saturated rings. The summed E-state index contributed by atoms with van der Waals surface area (Å²) in [5.74, 6) is -0.224. The SMILES string of the molecule is CCc1nc(CN(C)CC(=O)N(CCOC)c2c(N)n(CC(C)C)c(=O)[nH]c2=O)cs1. The number of anilines is 2. The fourth-order valence-electron chi connectivity index (χ4n) is 3.16. The number of nitrogens with one attached hydrogen (secondary N) is 1. The molecule has 0 saturated carbocycles. The molecule has 0 aliphatic heterocycles. The summed E-state index contributed by atoms with van der Waals surface area (Å²) in [7, 11) is 3.32. The number of aromatic amines is 1. The molecule has 10 nitrogen and oxygen atoms in total. The van der Waals surface area contributed by atoms with Crippen LogP contribution in [0.4, 0.5) is 11.5 Å². The third-order valence-electron chi connectivity index (χ3n) is 4.59. The number of thiazole rings is 1. The van der Waals surface area contributed by atoms with Crippen LogP contribution in [-0.2, 0) is 29.0 Å². The highest BCUT2D eigenvalue weighted by atomic mass is 32.1. The van der Waals surface area contributed by atoms with E-state index in [0.717, 1.165) is 17.1 Å². The summed E-state index contributed by atoms with van der Waals surface area (Å²) in [6.45, 7) is 7.12. The van der Waals surface area contributed by atoms with E-state index in [2.05, 4.69) is 9.97 Å². The van der Waals surface area contributed by atoms with Gasteiger partial charge in [0.05, 0.1) is 23.9 Å². The van der Waals surface area contributed by atoms with Crippen molar-refractivity contribution in [3.63, 3.8) is 0 Å². The van der Waals surface area contributed by atoms with Crippen LogP contribution in [0.25, 0.3) is 0 Å². The van der Waals surface area contributed by atoms with E-state index in [1.165, 1.54) is 16.6 Å². The summed E-state index contributed by atoms with van der Waals surface area (Å²) >= 11 is 1.59. The van der Waals surface area contributed by atoms with Crippen LogP contribution in [0.2, 0.25) is 0 Å². The Morgan fingerprint density at radius 3 is 2.68 bits per heavy atom. The topological polar surface area (TPSA) is 127 Å². The molecule has 0 atom stereocenters. The Morgan fingerprint density at radius 1 is 1.39 bits per heavy atom. The second-order valence-electron chi connectivity index (χ2n) is 7.79. The number of aryl methyl sites for hydroxylation is 1. The Balaban J connectivity index is 2.31. The molecule has 31 heavy (non-hydrogen) atoms. The van der Waals surface area contributed by atoms with Gasteiger partial charge in [-0.2, -0.15) is 0 Å². The maximum atomic E-state index is 13.1. The molecule has 0 bridgehead atoms. The number of likely N-dealkylation sites (N-methyl/N-ethyl adjacent to an activating group) is 1. The third-order valence-corrected chi connectivity index (χ3v) is 5.63. The monoisotopic (exact) mass is 452 g/mol. The van der Waals surface area contributed by atoms with Gasteiger partial charge in [-0.3, -0.25) is 24.0 Å². The number of nitrogens with zero attached hydrogens (tertiary/aromatic N) is 4. The molecule has 2 rings (SSSR count). The highest BCUT2D eigenvalue weighted by Crippen LogP contribution is 2.18. The Kier molecular flexibility index (Phi) is 8.96. The normalized spacial score (nSPS) is 11.5. The molecule has 3 N–H and O–H groups in total. The number of H-pyrrole nitrogens is 1. The van der Waals surface area contributed by atoms with Crippen LogP contribution in [0.15, 0.2) is 15.0 Å². The van der Waals surface area contributed by atoms with Crippen LogP contribution < -0.4 is 21.9 Å². The van der Waals surface area contributed by atoms with E-state index in [4.69, 9.17) is 10.5 Å². The van der Waals surface area contributed by atoms with Gasteiger partial charge in [0.1, 0.15) is 5.82 Å². The van der Waals surface area contributed by atoms with Crippen molar-refractivity contribution in [2.45, 2.75) is 40.3 Å². The summed E-state index contributed by atoms with van der Waals surface area (Å²) in [5, 5.41) is 3.02. The van der Waals surface area contributed by atoms with Crippen LogP contribution in [0, 0.1) is 5.92 Å². The van der Waals surface area contributed by atoms with Crippen molar-refractivity contribution < 1.29 is 9.53 Å². The van der Waals surface area contributed by atoms with Gasteiger partial charge in [-0.15, -0.1) is 11.3 Å². The molecule has 2 aromatic heterocycles. The van der Waals surface area contributed by atoms with Gasteiger partial charge in [-0.25, -0.2) is 9.78 Å². The van der Waals surface area contributed by atoms with E-state index in [-0.39, 0.29) is 43.0 Å². The van der Waals surface area contributed by atoms with Gasteiger partial charge in [-0.05, 0) is 19.4 Å². The zero-order valence-electron chi connectivity index (χ0n) is 18.8. The smallest absolute Gasteiger partial charge is 0.330 e. The quantitative estimate of drug-likeness (QED) is 0.519. The average Bonchev–Trinajstić information content (AvgIpc) is 3.14. The lowest BCUT2D eigenvalue weighted by molar-refractivity contribution is -0.119. The fraction of sp³-hybridized carbons (Fsp3) is 0.600. The van der Waals surface area contributed by atoms with Crippen molar-refractivity contribution in [2.24, 2.45) is 5.92 Å². The molecule has 0 aliphatic carbocycles. The van der Waals surface area contributed by atoms with E-state index in [0.29, 0.717) is 13.1 Å². The highest BCUT2D eigenvalue weighted by molar-refractivity contribution is 7.09. The first-order valence-corrected chi connectivity index (χ1v) is 11.1. The first kappa shape index (κ1) is 24.8. The number of methoxy groups -OCH3 is 1. The van der Waals surface area contributed by atoms with Crippen molar-refractivity contribution in [3.05, 3.63) is 36.9 Å². The molecular formula is C20H32N6O4S. The summed E-state index contributed by atoms with van der Waals surface area (Å²) in [6, 6.07) is 0. The molecule has 0 aromatic carbocycles. The summed E-state index contributed by atoms with van der Waals surface area (Å²) < 4.78 is 6.41. The van der Waals surface area contributed by atoms with Crippen molar-refractivity contribution in [3.8, 4) is 0 Å². The van der Waals surface area contributed by atoms with Crippen LogP contribution in [-0.4, -0.2) is 59.2 Å². The number of carbonyl (C=O) groups excluding carboxylic acids is 1. The summed E-state index contributed by atoms with van der Waals surface area (Å²) in [4.78, 5) is 47.9. The minimum Gasteiger partial charge on any atom is -0.383 e. The first-order chi connectivity index (χ1) is 14.7. The van der Waals surface area contributed by atoms with Crippen molar-refractivity contribution >= 4 is 28.7 Å². The second kappa shape index (κ2) is 11.2. The van der Waals surface area contributed by atoms with Gasteiger partial charge < -0.3 is 15.4 Å². The molecule has 0 spiro atoms. The zero-order valence-corrected chi connectivity index (χ0v) is 19.6. The van der Waals surface area contributed by atoms with E-state index >= 15 is 0 Å². The Labute approximate surface area is 185 Å². The van der Waals surface area contributed by atoms with Crippen molar-refractivity contribution in [2.75, 3.05) is 44.5 Å². The third kappa shape index (κ3) is 6.49. The summed E-state index contributed by atoms with van der Waals surface area (Å²) in [6.07, 6.45) is 0.867. The molecular weight excluding hydrogens is 420 g/mol. The van der Waals surface area contributed by atoms with Gasteiger partial charge in [0.2, 0.25) is 5.91 Å². The van der Waals surface area contributed by atoms with E-state index < -0.39 is 11.2 Å². The van der Waals surface area contributed by atoms with Crippen molar-refractivity contribution in [1.29, 1.82) is 0 Å². The lowest BCUT2D eigenvalue weighted by atomic mass is 10.2. The van der Waals surface area contributed by atoms with Gasteiger partial charge in [-0.1, -0.05) is 20.8 Å². The van der Waals surface area contributed by atoms with Gasteiger partial charge in [0.25, 0.3) is 5.56 Å². The maximum Gasteiger partial charge on any atom is 0.330 e. The van der Waals surface area contributed by atoms with E-state index in [1.54, 1.807) is 11.3 Å². The van der Waals surface area contributed by atoms with E-state index in [9.17, 15) is 14.4 Å². The van der Waals surface area contributed by atoms with Crippen LogP contribution >= 0.6 is 11.3 Å². The molecule has 0 radical (unpaired) electrons. The molecule has 2 heterocycles. The number of hydrogen-bond acceptors (Lipinski definition) is 8. The average molecular weight is 453 g/mol. The van der Waals surface area contributed by atoms with Gasteiger partial charge >= 0.3 is 5.69 Å². The van der Waals surface area contributed by atoms with Crippen molar-refractivity contribution in [1.82, 2.24) is 19.4 Å². The molecule has 172 valence electrons. The number of nitrogens with two attached hydrogens (primary N) is 1.